The summed E-state index contributed by atoms with van der Waals surface area (Å²) in [6.07, 6.45) is 0.655. The Labute approximate surface area is 187 Å². The summed E-state index contributed by atoms with van der Waals surface area (Å²) in [5.41, 5.74) is 2.27. The highest BCUT2D eigenvalue weighted by molar-refractivity contribution is 6.80. The van der Waals surface area contributed by atoms with E-state index in [4.69, 9.17) is 4.43 Å². The molecule has 0 heterocycles. The zero-order valence-electron chi connectivity index (χ0n) is 18.6. The van der Waals surface area contributed by atoms with Gasteiger partial charge in [0.15, 0.2) is 0 Å². The number of fused-ring (bicyclic) bond motifs is 1. The van der Waals surface area contributed by atoms with Gasteiger partial charge in [-0.2, -0.15) is 0 Å². The van der Waals surface area contributed by atoms with E-state index < -0.39 is 20.7 Å². The zero-order valence-corrected chi connectivity index (χ0v) is 19.7. The van der Waals surface area contributed by atoms with Gasteiger partial charge in [0.05, 0.1) is 6.61 Å². The topological polar surface area (TPSA) is 49.7 Å². The fraction of sp³-hybridized carbons (Fsp3) is 0.333. The summed E-state index contributed by atoms with van der Waals surface area (Å²) in [6.45, 7) is 6.34. The van der Waals surface area contributed by atoms with Gasteiger partial charge in [-0.15, -0.1) is 0 Å². The van der Waals surface area contributed by atoms with Crippen molar-refractivity contribution in [2.24, 2.45) is 0 Å². The maximum absolute atomic E-state index is 11.5. The second-order valence-corrected chi connectivity index (χ2v) is 12.0. The summed E-state index contributed by atoms with van der Waals surface area (Å²) in [4.78, 5) is 0. The van der Waals surface area contributed by atoms with Crippen LogP contribution in [0.2, 0.25) is 0 Å². The van der Waals surface area contributed by atoms with Crippen LogP contribution in [0.3, 0.4) is 0 Å². The number of aliphatic hydroxyl groups excluding tert-OH is 1. The third-order valence-corrected chi connectivity index (χ3v) is 8.87. The van der Waals surface area contributed by atoms with Crippen molar-refractivity contribution in [2.75, 3.05) is 6.61 Å². The molecule has 0 saturated heterocycles. The van der Waals surface area contributed by atoms with Gasteiger partial charge in [-0.1, -0.05) is 99.6 Å². The molecule has 0 aliphatic heterocycles. The Morgan fingerprint density at radius 3 is 2.00 bits per heavy atom. The SMILES string of the molecule is CC(C)(C)c1cccc2c1CC[C@@](O)(CO)C2O[SiH](c1ccccc1)c1ccccc1. The molecule has 0 amide bonds. The molecule has 162 valence electrons. The number of hydrogen-bond acceptors (Lipinski definition) is 3. The van der Waals surface area contributed by atoms with E-state index in [1.165, 1.54) is 11.1 Å². The highest BCUT2D eigenvalue weighted by atomic mass is 28.3. The predicted molar refractivity (Wildman–Crippen MR) is 129 cm³/mol. The molecule has 31 heavy (non-hydrogen) atoms. The van der Waals surface area contributed by atoms with Crippen molar-refractivity contribution in [2.45, 2.75) is 50.7 Å². The van der Waals surface area contributed by atoms with E-state index in [-0.39, 0.29) is 12.0 Å². The fourth-order valence-electron chi connectivity index (χ4n) is 4.70. The lowest BCUT2D eigenvalue weighted by Crippen LogP contribution is -2.52. The number of aliphatic hydroxyl groups is 2. The maximum Gasteiger partial charge on any atom is 0.240 e. The highest BCUT2D eigenvalue weighted by Crippen LogP contribution is 2.43. The molecule has 0 fully saturated rings. The first-order valence-corrected chi connectivity index (χ1v) is 12.7. The van der Waals surface area contributed by atoms with Gasteiger partial charge >= 0.3 is 0 Å². The van der Waals surface area contributed by atoms with E-state index in [2.05, 4.69) is 63.2 Å². The molecule has 0 bridgehead atoms. The predicted octanol–water partition coefficient (Wildman–Crippen LogP) is 3.25. The van der Waals surface area contributed by atoms with Crippen LogP contribution >= 0.6 is 0 Å². The fourth-order valence-corrected chi connectivity index (χ4v) is 7.21. The van der Waals surface area contributed by atoms with Crippen LogP contribution in [0.4, 0.5) is 0 Å². The van der Waals surface area contributed by atoms with Crippen LogP contribution in [0.1, 0.15) is 50.0 Å². The minimum absolute atomic E-state index is 0.000252. The Morgan fingerprint density at radius 1 is 0.903 bits per heavy atom. The molecule has 3 nitrogen and oxygen atoms in total. The molecule has 2 N–H and O–H groups in total. The van der Waals surface area contributed by atoms with Crippen molar-refractivity contribution < 1.29 is 14.6 Å². The lowest BCUT2D eigenvalue weighted by molar-refractivity contribution is -0.107. The minimum atomic E-state index is -2.11. The largest absolute Gasteiger partial charge is 0.401 e. The molecule has 1 aliphatic rings. The summed E-state index contributed by atoms with van der Waals surface area (Å²) in [5.74, 6) is 0. The molecular weight excluding hydrogens is 400 g/mol. The molecule has 2 atom stereocenters. The summed E-state index contributed by atoms with van der Waals surface area (Å²) < 4.78 is 6.89. The zero-order chi connectivity index (χ0) is 22.1. The molecule has 0 radical (unpaired) electrons. The average molecular weight is 433 g/mol. The van der Waals surface area contributed by atoms with Crippen molar-refractivity contribution in [1.29, 1.82) is 0 Å². The van der Waals surface area contributed by atoms with E-state index in [0.29, 0.717) is 6.42 Å². The van der Waals surface area contributed by atoms with Gasteiger partial charge in [0.25, 0.3) is 0 Å². The molecule has 0 aromatic heterocycles. The van der Waals surface area contributed by atoms with Crippen molar-refractivity contribution in [3.8, 4) is 0 Å². The Balaban J connectivity index is 1.83. The Hall–Kier alpha value is -2.24. The van der Waals surface area contributed by atoms with Gasteiger partial charge in [0.1, 0.15) is 11.7 Å². The summed E-state index contributed by atoms with van der Waals surface area (Å²) in [6, 6.07) is 26.9. The van der Waals surface area contributed by atoms with Crippen LogP contribution in [0, 0.1) is 0 Å². The Morgan fingerprint density at radius 2 is 1.48 bits per heavy atom. The van der Waals surface area contributed by atoms with E-state index in [0.717, 1.165) is 22.4 Å². The quantitative estimate of drug-likeness (QED) is 0.609. The second kappa shape index (κ2) is 8.71. The monoisotopic (exact) mass is 432 g/mol. The lowest BCUT2D eigenvalue weighted by atomic mass is 9.72. The van der Waals surface area contributed by atoms with E-state index in [1.807, 2.05) is 36.4 Å². The molecular formula is C27H32O3Si. The maximum atomic E-state index is 11.5. The minimum Gasteiger partial charge on any atom is -0.401 e. The molecule has 3 aromatic rings. The number of benzene rings is 3. The molecule has 4 heteroatoms. The summed E-state index contributed by atoms with van der Waals surface area (Å²) in [7, 11) is -2.11. The van der Waals surface area contributed by atoms with Crippen LogP contribution in [0.15, 0.2) is 78.9 Å². The van der Waals surface area contributed by atoms with E-state index in [1.54, 1.807) is 0 Å². The van der Waals surface area contributed by atoms with Crippen LogP contribution in [-0.4, -0.2) is 31.5 Å². The smallest absolute Gasteiger partial charge is 0.240 e. The molecule has 1 aliphatic carbocycles. The van der Waals surface area contributed by atoms with Crippen molar-refractivity contribution >= 4 is 19.4 Å². The second-order valence-electron chi connectivity index (χ2n) is 9.60. The van der Waals surface area contributed by atoms with E-state index >= 15 is 0 Å². The standard InChI is InChI=1S/C27H32O3Si/c1-26(2,3)24-16-10-15-23-22(24)17-18-27(29,19-28)25(23)30-31(20-11-6-4-7-12-20)21-13-8-5-9-14-21/h4-16,25,28-29,31H,17-19H2,1-3H3/t25?,27-/m1/s1. The third-order valence-electron chi connectivity index (χ3n) is 6.35. The molecule has 0 saturated carbocycles. The average Bonchev–Trinajstić information content (AvgIpc) is 2.78. The van der Waals surface area contributed by atoms with Crippen LogP contribution < -0.4 is 10.4 Å². The van der Waals surface area contributed by atoms with Crippen LogP contribution in [-0.2, 0) is 16.3 Å². The van der Waals surface area contributed by atoms with Crippen LogP contribution in [0.5, 0.6) is 0 Å². The van der Waals surface area contributed by atoms with Crippen molar-refractivity contribution in [1.82, 2.24) is 0 Å². The van der Waals surface area contributed by atoms with Gasteiger partial charge in [-0.3, -0.25) is 0 Å². The van der Waals surface area contributed by atoms with Crippen molar-refractivity contribution in [3.05, 3.63) is 95.6 Å². The first-order valence-electron chi connectivity index (χ1n) is 11.0. The first kappa shape index (κ1) is 22.0. The van der Waals surface area contributed by atoms with Gasteiger partial charge in [0, 0.05) is 0 Å². The Bertz CT molecular complexity index is 974. The first-order chi connectivity index (χ1) is 14.8. The summed E-state index contributed by atoms with van der Waals surface area (Å²) in [5, 5.41) is 24.0. The molecule has 4 rings (SSSR count). The van der Waals surface area contributed by atoms with Crippen molar-refractivity contribution in [3.63, 3.8) is 0 Å². The summed E-state index contributed by atoms with van der Waals surface area (Å²) >= 11 is 0. The van der Waals surface area contributed by atoms with Crippen LogP contribution in [0.25, 0.3) is 0 Å². The van der Waals surface area contributed by atoms with Gasteiger partial charge in [-0.25, -0.2) is 0 Å². The number of hydrogen-bond donors (Lipinski definition) is 2. The molecule has 3 aromatic carbocycles. The van der Waals surface area contributed by atoms with Gasteiger partial charge in [0.2, 0.25) is 9.04 Å². The molecule has 0 spiro atoms. The highest BCUT2D eigenvalue weighted by Gasteiger charge is 2.45. The third kappa shape index (κ3) is 4.39. The van der Waals surface area contributed by atoms with Gasteiger partial charge < -0.3 is 14.6 Å². The van der Waals surface area contributed by atoms with E-state index in [9.17, 15) is 10.2 Å². The molecule has 1 unspecified atom stereocenters. The normalized spacial score (nSPS) is 21.2. The number of rotatable bonds is 5. The van der Waals surface area contributed by atoms with Gasteiger partial charge in [-0.05, 0) is 45.3 Å². The Kier molecular flexibility index (Phi) is 6.17. The lowest BCUT2D eigenvalue weighted by Gasteiger charge is -2.43.